The molecule has 0 aliphatic rings. The van der Waals surface area contributed by atoms with Crippen LogP contribution in [0, 0.1) is 0 Å². The van der Waals surface area contributed by atoms with Gasteiger partial charge >= 0.3 is 5.97 Å². The molecule has 1 aromatic heterocycles. The number of carbonyl (C=O) groups excluding carboxylic acids is 2. The maximum absolute atomic E-state index is 11.7. The maximum atomic E-state index is 11.7. The van der Waals surface area contributed by atoms with E-state index in [4.69, 9.17) is 10.5 Å². The van der Waals surface area contributed by atoms with E-state index in [1.165, 1.54) is 12.3 Å². The number of esters is 1. The van der Waals surface area contributed by atoms with Gasteiger partial charge < -0.3 is 21.1 Å². The summed E-state index contributed by atoms with van der Waals surface area (Å²) in [7, 11) is 0. The van der Waals surface area contributed by atoms with Crippen LogP contribution < -0.4 is 16.4 Å². The van der Waals surface area contributed by atoms with Gasteiger partial charge in [-0.2, -0.15) is 0 Å². The van der Waals surface area contributed by atoms with Crippen LogP contribution in [0.25, 0.3) is 0 Å². The Labute approximate surface area is 117 Å². The molecule has 1 atom stereocenters. The van der Waals surface area contributed by atoms with Crippen LogP contribution in [0.4, 0.5) is 11.5 Å². The zero-order valence-electron chi connectivity index (χ0n) is 11.9. The molecule has 1 unspecified atom stereocenters. The lowest BCUT2D eigenvalue weighted by Crippen LogP contribution is -2.37. The minimum absolute atomic E-state index is 0.169. The molecule has 110 valence electrons. The molecule has 0 bridgehead atoms. The van der Waals surface area contributed by atoms with E-state index in [1.807, 2.05) is 6.92 Å². The predicted molar refractivity (Wildman–Crippen MR) is 76.4 cm³/mol. The highest BCUT2D eigenvalue weighted by Crippen LogP contribution is 2.21. The Morgan fingerprint density at radius 3 is 2.75 bits per heavy atom. The second-order valence-corrected chi connectivity index (χ2v) is 4.10. The van der Waals surface area contributed by atoms with E-state index in [9.17, 15) is 9.59 Å². The van der Waals surface area contributed by atoms with Crippen molar-refractivity contribution in [2.45, 2.75) is 26.8 Å². The highest BCUT2D eigenvalue weighted by molar-refractivity contribution is 5.98. The molecule has 7 heteroatoms. The smallest absolute Gasteiger partial charge is 0.340 e. The first-order valence-electron chi connectivity index (χ1n) is 6.47. The summed E-state index contributed by atoms with van der Waals surface area (Å²) >= 11 is 0. The van der Waals surface area contributed by atoms with Crippen LogP contribution in [0.3, 0.4) is 0 Å². The molecule has 7 nitrogen and oxygen atoms in total. The standard InChI is InChI=1S/C13H20N4O3/c1-4-15-12(18)8(3)17-11-10(14)9(6-7-16-11)13(19)20-5-2/h6-8H,4-5,14H2,1-3H3,(H,15,18)(H,16,17). The summed E-state index contributed by atoms with van der Waals surface area (Å²) in [4.78, 5) is 27.4. The molecular weight excluding hydrogens is 260 g/mol. The average molecular weight is 280 g/mol. The number of hydrogen-bond acceptors (Lipinski definition) is 6. The Balaban J connectivity index is 2.89. The third-order valence-electron chi connectivity index (χ3n) is 2.58. The molecule has 0 radical (unpaired) electrons. The van der Waals surface area contributed by atoms with E-state index >= 15 is 0 Å². The zero-order valence-corrected chi connectivity index (χ0v) is 11.9. The number of carbonyl (C=O) groups is 2. The van der Waals surface area contributed by atoms with Crippen molar-refractivity contribution in [2.24, 2.45) is 0 Å². The first-order chi connectivity index (χ1) is 9.51. The van der Waals surface area contributed by atoms with E-state index < -0.39 is 12.0 Å². The summed E-state index contributed by atoms with van der Waals surface area (Å²) in [5, 5.41) is 5.56. The number of nitrogen functional groups attached to an aromatic ring is 1. The van der Waals surface area contributed by atoms with Gasteiger partial charge in [0.2, 0.25) is 5.91 Å². The Morgan fingerprint density at radius 1 is 1.45 bits per heavy atom. The number of nitrogens with zero attached hydrogens (tertiary/aromatic N) is 1. The van der Waals surface area contributed by atoms with Crippen molar-refractivity contribution in [3.05, 3.63) is 17.8 Å². The van der Waals surface area contributed by atoms with Gasteiger partial charge in [0.25, 0.3) is 0 Å². The molecule has 0 aliphatic carbocycles. The summed E-state index contributed by atoms with van der Waals surface area (Å²) in [5.41, 5.74) is 6.28. The molecule has 0 aliphatic heterocycles. The highest BCUT2D eigenvalue weighted by atomic mass is 16.5. The molecule has 0 saturated carbocycles. The molecule has 0 aromatic carbocycles. The number of hydrogen-bond donors (Lipinski definition) is 3. The van der Waals surface area contributed by atoms with Crippen LogP contribution in [0.5, 0.6) is 0 Å². The average Bonchev–Trinajstić information content (AvgIpc) is 2.41. The fraction of sp³-hybridized carbons (Fsp3) is 0.462. The number of likely N-dealkylation sites (N-methyl/N-ethyl adjacent to an activating group) is 1. The largest absolute Gasteiger partial charge is 0.462 e. The van der Waals surface area contributed by atoms with E-state index in [1.54, 1.807) is 13.8 Å². The molecular formula is C13H20N4O3. The number of rotatable bonds is 6. The Bertz CT molecular complexity index is 491. The minimum Gasteiger partial charge on any atom is -0.462 e. The number of nitrogens with two attached hydrogens (primary N) is 1. The highest BCUT2D eigenvalue weighted by Gasteiger charge is 2.18. The van der Waals surface area contributed by atoms with Crippen LogP contribution in [-0.4, -0.2) is 36.1 Å². The number of nitrogens with one attached hydrogen (secondary N) is 2. The summed E-state index contributed by atoms with van der Waals surface area (Å²) < 4.78 is 4.90. The molecule has 1 aromatic rings. The van der Waals surface area contributed by atoms with Gasteiger partial charge in [-0.1, -0.05) is 0 Å². The Hall–Kier alpha value is -2.31. The van der Waals surface area contributed by atoms with Gasteiger partial charge in [-0.15, -0.1) is 0 Å². The van der Waals surface area contributed by atoms with Crippen LogP contribution in [0.1, 0.15) is 31.1 Å². The quantitative estimate of drug-likeness (QED) is 0.665. The van der Waals surface area contributed by atoms with Crippen molar-refractivity contribution >= 4 is 23.4 Å². The van der Waals surface area contributed by atoms with Crippen molar-refractivity contribution in [1.82, 2.24) is 10.3 Å². The van der Waals surface area contributed by atoms with Crippen LogP contribution in [0.15, 0.2) is 12.3 Å². The van der Waals surface area contributed by atoms with Crippen LogP contribution >= 0.6 is 0 Å². The topological polar surface area (TPSA) is 106 Å². The fourth-order valence-electron chi connectivity index (χ4n) is 1.57. The molecule has 0 saturated heterocycles. The van der Waals surface area contributed by atoms with Gasteiger partial charge in [-0.05, 0) is 26.8 Å². The van der Waals surface area contributed by atoms with Crippen molar-refractivity contribution in [3.8, 4) is 0 Å². The minimum atomic E-state index is -0.513. The number of anilines is 2. The van der Waals surface area contributed by atoms with E-state index in [-0.39, 0.29) is 29.6 Å². The SMILES string of the molecule is CCNC(=O)C(C)Nc1nccc(C(=O)OCC)c1N. The molecule has 0 spiro atoms. The first-order valence-corrected chi connectivity index (χ1v) is 6.47. The Morgan fingerprint density at radius 2 is 2.15 bits per heavy atom. The third-order valence-corrected chi connectivity index (χ3v) is 2.58. The second kappa shape index (κ2) is 7.32. The lowest BCUT2D eigenvalue weighted by molar-refractivity contribution is -0.121. The summed E-state index contributed by atoms with van der Waals surface area (Å²) in [6, 6.07) is 0.970. The molecule has 0 fully saturated rings. The van der Waals surface area contributed by atoms with Crippen LogP contribution in [0.2, 0.25) is 0 Å². The van der Waals surface area contributed by atoms with E-state index in [2.05, 4.69) is 15.6 Å². The van der Waals surface area contributed by atoms with Crippen molar-refractivity contribution in [2.75, 3.05) is 24.2 Å². The van der Waals surface area contributed by atoms with E-state index in [0.29, 0.717) is 6.54 Å². The van der Waals surface area contributed by atoms with Crippen LogP contribution in [-0.2, 0) is 9.53 Å². The van der Waals surface area contributed by atoms with Crippen molar-refractivity contribution < 1.29 is 14.3 Å². The maximum Gasteiger partial charge on any atom is 0.340 e. The predicted octanol–water partition coefficient (Wildman–Crippen LogP) is 0.777. The van der Waals surface area contributed by atoms with Crippen molar-refractivity contribution in [1.29, 1.82) is 0 Å². The number of amides is 1. The van der Waals surface area contributed by atoms with Gasteiger partial charge in [-0.25, -0.2) is 9.78 Å². The molecule has 1 rings (SSSR count). The molecule has 1 heterocycles. The first kappa shape index (κ1) is 15.7. The number of ether oxygens (including phenoxy) is 1. The zero-order chi connectivity index (χ0) is 15.1. The summed E-state index contributed by atoms with van der Waals surface area (Å²) in [5.74, 6) is -0.398. The van der Waals surface area contributed by atoms with Gasteiger partial charge in [0.15, 0.2) is 5.82 Å². The van der Waals surface area contributed by atoms with Gasteiger partial charge in [0.05, 0.1) is 17.9 Å². The summed E-state index contributed by atoms with van der Waals surface area (Å²) in [6.45, 7) is 6.03. The van der Waals surface area contributed by atoms with Gasteiger partial charge in [0.1, 0.15) is 6.04 Å². The molecule has 20 heavy (non-hydrogen) atoms. The number of pyridine rings is 1. The van der Waals surface area contributed by atoms with E-state index in [0.717, 1.165) is 0 Å². The normalized spacial score (nSPS) is 11.6. The van der Waals surface area contributed by atoms with Crippen molar-refractivity contribution in [3.63, 3.8) is 0 Å². The lowest BCUT2D eigenvalue weighted by atomic mass is 10.2. The second-order valence-electron chi connectivity index (χ2n) is 4.10. The van der Waals surface area contributed by atoms with Gasteiger partial charge in [0, 0.05) is 12.7 Å². The summed E-state index contributed by atoms with van der Waals surface area (Å²) in [6.07, 6.45) is 1.44. The molecule has 1 amide bonds. The number of aromatic nitrogens is 1. The Kier molecular flexibility index (Phi) is 5.76. The lowest BCUT2D eigenvalue weighted by Gasteiger charge is -2.16. The molecule has 4 N–H and O–H groups in total. The third kappa shape index (κ3) is 3.84. The monoisotopic (exact) mass is 280 g/mol. The van der Waals surface area contributed by atoms with Gasteiger partial charge in [-0.3, -0.25) is 4.79 Å². The fourth-order valence-corrected chi connectivity index (χ4v) is 1.57.